The topological polar surface area (TPSA) is 12.9 Å². The molecule has 0 bridgehead atoms. The van der Waals surface area contributed by atoms with Gasteiger partial charge in [0.2, 0.25) is 0 Å². The molecule has 0 saturated heterocycles. The van der Waals surface area contributed by atoms with Crippen molar-refractivity contribution in [1.82, 2.24) is 4.98 Å². The lowest BCUT2D eigenvalue weighted by Gasteiger charge is -1.97. The lowest BCUT2D eigenvalue weighted by molar-refractivity contribution is 1.51. The molecule has 1 nitrogen and oxygen atoms in total. The summed E-state index contributed by atoms with van der Waals surface area (Å²) in [4.78, 5) is 7.23. The molecule has 1 aromatic carbocycles. The fraction of sp³-hybridized carbons (Fsp3) is 0. The van der Waals surface area contributed by atoms with Gasteiger partial charge in [0.05, 0.1) is 4.70 Å². The molecule has 4 rings (SSSR count). The number of fused-ring (bicyclic) bond motifs is 1. The summed E-state index contributed by atoms with van der Waals surface area (Å²) in [5, 5.41) is 1.06. The SMILES string of the molecule is C1=C\C=C/C(c2cc3sc(-c4ccccccccc4)nc3s2)=C\C=C/1. The molecule has 0 spiro atoms. The van der Waals surface area contributed by atoms with Gasteiger partial charge in [-0.15, -0.1) is 22.7 Å². The van der Waals surface area contributed by atoms with Crippen LogP contribution in [0.5, 0.6) is 0 Å². The molecule has 0 N–H and O–H groups in total. The molecule has 0 amide bonds. The van der Waals surface area contributed by atoms with Crippen LogP contribution in [0.15, 0.2) is 103 Å². The van der Waals surface area contributed by atoms with Crippen molar-refractivity contribution in [3.63, 3.8) is 0 Å². The third-order valence-electron chi connectivity index (χ3n) is 3.84. The van der Waals surface area contributed by atoms with Crippen molar-refractivity contribution in [1.29, 1.82) is 0 Å². The zero-order valence-electron chi connectivity index (χ0n) is 14.1. The van der Waals surface area contributed by atoms with E-state index in [9.17, 15) is 0 Å². The van der Waals surface area contributed by atoms with Crippen LogP contribution in [0.3, 0.4) is 0 Å². The third kappa shape index (κ3) is 3.90. The van der Waals surface area contributed by atoms with Crippen LogP contribution in [0.2, 0.25) is 0 Å². The van der Waals surface area contributed by atoms with Gasteiger partial charge in [0, 0.05) is 10.4 Å². The highest BCUT2D eigenvalue weighted by Gasteiger charge is 2.11. The van der Waals surface area contributed by atoms with Crippen LogP contribution in [0.1, 0.15) is 4.88 Å². The fourth-order valence-electron chi connectivity index (χ4n) is 2.57. The van der Waals surface area contributed by atoms with E-state index in [0.29, 0.717) is 0 Å². The average Bonchev–Trinajstić information content (AvgIpc) is 3.18. The molecular weight excluding hydrogens is 354 g/mol. The summed E-state index contributed by atoms with van der Waals surface area (Å²) in [6.45, 7) is 0. The highest BCUT2D eigenvalue weighted by Crippen LogP contribution is 2.37. The summed E-state index contributed by atoms with van der Waals surface area (Å²) in [6.07, 6.45) is 14.6. The van der Waals surface area contributed by atoms with Crippen molar-refractivity contribution in [3.05, 3.63) is 108 Å². The maximum absolute atomic E-state index is 4.88. The summed E-state index contributed by atoms with van der Waals surface area (Å²) in [5.74, 6) is 0. The van der Waals surface area contributed by atoms with Gasteiger partial charge in [-0.1, -0.05) is 97.1 Å². The predicted molar refractivity (Wildman–Crippen MR) is 116 cm³/mol. The summed E-state index contributed by atoms with van der Waals surface area (Å²) in [7, 11) is 0. The Bertz CT molecular complexity index is 1040. The second kappa shape index (κ2) is 8.09. The highest BCUT2D eigenvalue weighted by molar-refractivity contribution is 7.29. The van der Waals surface area contributed by atoms with E-state index < -0.39 is 0 Å². The second-order valence-corrected chi connectivity index (χ2v) is 7.75. The van der Waals surface area contributed by atoms with E-state index in [0.717, 1.165) is 15.4 Å². The summed E-state index contributed by atoms with van der Waals surface area (Å²) >= 11 is 3.50. The molecule has 126 valence electrons. The van der Waals surface area contributed by atoms with Crippen LogP contribution in [0.25, 0.3) is 25.7 Å². The first kappa shape index (κ1) is 16.7. The normalized spacial score (nSPS) is 18.8. The summed E-state index contributed by atoms with van der Waals surface area (Å²) in [5.41, 5.74) is 2.36. The Morgan fingerprint density at radius 3 is 2.15 bits per heavy atom. The number of rotatable bonds is 2. The first-order valence-corrected chi connectivity index (χ1v) is 10.0. The van der Waals surface area contributed by atoms with E-state index in [1.807, 2.05) is 48.6 Å². The van der Waals surface area contributed by atoms with E-state index in [1.54, 1.807) is 22.7 Å². The molecule has 3 heteroatoms. The Labute approximate surface area is 161 Å². The molecule has 0 fully saturated rings. The van der Waals surface area contributed by atoms with Crippen LogP contribution in [-0.2, 0) is 0 Å². The standard InChI is InChI=1S/C23H17NS2/c1-2-5-11-15-19(16-12-6-3-1)22-24-23-21(26-22)17-20(25-23)18-13-9-7-4-8-10-14-18/h1-17H/b2-1?,3-1?,5-2?,6-3?,7-4-,8-4?,9-7?,10-8-,11-5?,12-6?,13-9-,14-10?,15-11?,16-12?,18-13?,18-14+,19-15?,19-16?. The minimum Gasteiger partial charge on any atom is -0.225 e. The number of nitrogens with zero attached hydrogens (tertiary/aromatic N) is 1. The van der Waals surface area contributed by atoms with E-state index in [2.05, 4.69) is 54.6 Å². The molecular formula is C23H17NS2. The van der Waals surface area contributed by atoms with Crippen LogP contribution < -0.4 is 0 Å². The van der Waals surface area contributed by atoms with Crippen molar-refractivity contribution in [2.45, 2.75) is 0 Å². The van der Waals surface area contributed by atoms with Crippen LogP contribution in [-0.4, -0.2) is 4.98 Å². The van der Waals surface area contributed by atoms with Crippen molar-refractivity contribution in [3.8, 4) is 10.6 Å². The minimum absolute atomic E-state index is 1.06. The second-order valence-electron chi connectivity index (χ2n) is 5.69. The lowest BCUT2D eigenvalue weighted by Crippen LogP contribution is -1.75. The van der Waals surface area contributed by atoms with Gasteiger partial charge in [-0.05, 0) is 11.6 Å². The Morgan fingerprint density at radius 2 is 1.38 bits per heavy atom. The van der Waals surface area contributed by atoms with Crippen LogP contribution in [0.4, 0.5) is 0 Å². The molecule has 0 unspecified atom stereocenters. The Morgan fingerprint density at radius 1 is 0.692 bits per heavy atom. The third-order valence-corrected chi connectivity index (χ3v) is 6.09. The monoisotopic (exact) mass is 371 g/mol. The molecule has 0 aliphatic heterocycles. The maximum Gasteiger partial charge on any atom is 0.135 e. The fourth-order valence-corrected chi connectivity index (χ4v) is 4.80. The number of allylic oxidation sites excluding steroid dienone is 8. The van der Waals surface area contributed by atoms with Gasteiger partial charge in [-0.3, -0.25) is 0 Å². The van der Waals surface area contributed by atoms with Crippen molar-refractivity contribution in [2.75, 3.05) is 0 Å². The first-order valence-electron chi connectivity index (χ1n) is 8.41. The largest absolute Gasteiger partial charge is 0.225 e. The smallest absolute Gasteiger partial charge is 0.135 e. The molecule has 2 aromatic heterocycles. The molecule has 1 aliphatic rings. The van der Waals surface area contributed by atoms with E-state index in [4.69, 9.17) is 4.98 Å². The average molecular weight is 372 g/mol. The Kier molecular flexibility index (Phi) is 5.19. The van der Waals surface area contributed by atoms with E-state index in [-0.39, 0.29) is 0 Å². The quantitative estimate of drug-likeness (QED) is 0.463. The minimum atomic E-state index is 1.06. The predicted octanol–water partition coefficient (Wildman–Crippen LogP) is 7.21. The zero-order chi connectivity index (χ0) is 17.6. The van der Waals surface area contributed by atoms with Crippen LogP contribution in [0, 0.1) is 0 Å². The van der Waals surface area contributed by atoms with Gasteiger partial charge in [0.15, 0.2) is 0 Å². The van der Waals surface area contributed by atoms with Gasteiger partial charge in [-0.2, -0.15) is 0 Å². The number of hydrogen-bond donors (Lipinski definition) is 0. The van der Waals surface area contributed by atoms with E-state index >= 15 is 0 Å². The van der Waals surface area contributed by atoms with Gasteiger partial charge in [0.1, 0.15) is 9.84 Å². The summed E-state index contributed by atoms with van der Waals surface area (Å²) < 4.78 is 1.24. The van der Waals surface area contributed by atoms with Gasteiger partial charge in [-0.25, -0.2) is 4.98 Å². The van der Waals surface area contributed by atoms with Gasteiger partial charge < -0.3 is 0 Å². The molecule has 2 heterocycles. The summed E-state index contributed by atoms with van der Waals surface area (Å²) in [6, 6.07) is 20.7. The van der Waals surface area contributed by atoms with Crippen molar-refractivity contribution in [2.24, 2.45) is 0 Å². The van der Waals surface area contributed by atoms with Gasteiger partial charge >= 0.3 is 0 Å². The maximum atomic E-state index is 4.88. The van der Waals surface area contributed by atoms with Gasteiger partial charge in [0.25, 0.3) is 0 Å². The molecule has 3 aromatic rings. The number of thiophene rings is 1. The highest BCUT2D eigenvalue weighted by atomic mass is 32.1. The molecule has 0 atom stereocenters. The molecule has 0 radical (unpaired) electrons. The zero-order valence-corrected chi connectivity index (χ0v) is 15.7. The number of hydrogen-bond acceptors (Lipinski definition) is 3. The molecule has 1 aliphatic carbocycles. The Balaban J connectivity index is 1.71. The number of thiazole rings is 1. The molecule has 26 heavy (non-hydrogen) atoms. The number of aromatic nitrogens is 1. The van der Waals surface area contributed by atoms with Crippen molar-refractivity contribution < 1.29 is 0 Å². The van der Waals surface area contributed by atoms with Crippen molar-refractivity contribution >= 4 is 37.8 Å². The van der Waals surface area contributed by atoms with E-state index in [1.165, 1.54) is 15.2 Å². The first-order chi connectivity index (χ1) is 12.9. The Hall–Kier alpha value is -2.75. The van der Waals surface area contributed by atoms with Crippen LogP contribution >= 0.6 is 22.7 Å². The lowest BCUT2D eigenvalue weighted by atomic mass is 10.1. The molecule has 0 saturated carbocycles.